The van der Waals surface area contributed by atoms with Gasteiger partial charge in [-0.05, 0) is 48.7 Å². The maximum atomic E-state index is 15.8. The smallest absolute Gasteiger partial charge is 0.213 e. The van der Waals surface area contributed by atoms with Gasteiger partial charge in [-0.2, -0.15) is 4.39 Å². The molecule has 1 aliphatic rings. The molecular formula is C26H20F4N2O3S2. The van der Waals surface area contributed by atoms with Crippen LogP contribution >= 0.6 is 11.3 Å². The lowest BCUT2D eigenvalue weighted by Crippen LogP contribution is -2.13. The van der Waals surface area contributed by atoms with E-state index in [2.05, 4.69) is 4.98 Å². The molecule has 0 aliphatic carbocycles. The van der Waals surface area contributed by atoms with E-state index in [9.17, 15) is 21.6 Å². The number of halogens is 4. The Morgan fingerprint density at radius 3 is 2.54 bits per heavy atom. The van der Waals surface area contributed by atoms with Crippen LogP contribution in [0.4, 0.5) is 17.6 Å². The van der Waals surface area contributed by atoms with Gasteiger partial charge in [-0.15, -0.1) is 11.3 Å². The molecule has 0 unspecified atom stereocenters. The number of rotatable bonds is 6. The van der Waals surface area contributed by atoms with Crippen LogP contribution in [0.3, 0.4) is 0 Å². The molecule has 4 aromatic rings. The van der Waals surface area contributed by atoms with Gasteiger partial charge in [-0.25, -0.2) is 31.6 Å². The average molecular weight is 549 g/mol. The number of nitrogens with zero attached hydrogens (tertiary/aromatic N) is 2. The van der Waals surface area contributed by atoms with Crippen LogP contribution in [0.15, 0.2) is 59.6 Å². The lowest BCUT2D eigenvalue weighted by molar-refractivity contribution is 0.0853. The number of hydrogen-bond acceptors (Lipinski definition) is 6. The van der Waals surface area contributed by atoms with Crippen molar-refractivity contribution < 1.29 is 30.7 Å². The van der Waals surface area contributed by atoms with E-state index in [4.69, 9.17) is 9.72 Å². The van der Waals surface area contributed by atoms with Gasteiger partial charge in [0.1, 0.15) is 22.3 Å². The highest BCUT2D eigenvalue weighted by molar-refractivity contribution is 7.90. The predicted octanol–water partition coefficient (Wildman–Crippen LogP) is 6.30. The van der Waals surface area contributed by atoms with Gasteiger partial charge < -0.3 is 4.74 Å². The molecule has 0 N–H and O–H groups in total. The number of thiazole rings is 1. The second-order valence-corrected chi connectivity index (χ2v) is 11.6. The molecule has 0 spiro atoms. The van der Waals surface area contributed by atoms with Gasteiger partial charge in [0.15, 0.2) is 9.84 Å². The minimum absolute atomic E-state index is 0.0224. The second kappa shape index (κ2) is 10.3. The lowest BCUT2D eigenvalue weighted by atomic mass is 10.0. The summed E-state index contributed by atoms with van der Waals surface area (Å²) < 4.78 is 88.7. The Morgan fingerprint density at radius 1 is 1.00 bits per heavy atom. The number of hydrogen-bond donors (Lipinski definition) is 0. The SMILES string of the molecule is O=S(=O)(Cc1cccc(-c2nc(C3CCOCC3)sc2-c2ccnc(F)c2)c1F)c1cc(F)ccc1F. The number of pyridine rings is 1. The quantitative estimate of drug-likeness (QED) is 0.209. The fourth-order valence-corrected chi connectivity index (χ4v) is 6.94. The van der Waals surface area contributed by atoms with Crippen molar-refractivity contribution >= 4 is 21.2 Å². The van der Waals surface area contributed by atoms with Crippen molar-refractivity contribution in [3.63, 3.8) is 0 Å². The molecule has 2 aromatic heterocycles. The Morgan fingerprint density at radius 2 is 1.78 bits per heavy atom. The van der Waals surface area contributed by atoms with E-state index in [1.807, 2.05) is 0 Å². The Kier molecular flexibility index (Phi) is 7.11. The van der Waals surface area contributed by atoms with Crippen molar-refractivity contribution in [2.45, 2.75) is 29.4 Å². The average Bonchev–Trinajstić information content (AvgIpc) is 3.32. The summed E-state index contributed by atoms with van der Waals surface area (Å²) in [6.07, 6.45) is 2.77. The fraction of sp³-hybridized carbons (Fsp3) is 0.231. The highest BCUT2D eigenvalue weighted by Crippen LogP contribution is 2.42. The first kappa shape index (κ1) is 25.5. The van der Waals surface area contributed by atoms with Crippen LogP contribution in [0.25, 0.3) is 21.7 Å². The van der Waals surface area contributed by atoms with Gasteiger partial charge >= 0.3 is 0 Å². The summed E-state index contributed by atoms with van der Waals surface area (Å²) in [6.45, 7) is 1.13. The third-order valence-electron chi connectivity index (χ3n) is 6.11. The summed E-state index contributed by atoms with van der Waals surface area (Å²) in [4.78, 5) is 7.96. The summed E-state index contributed by atoms with van der Waals surface area (Å²) in [5, 5.41) is 0.741. The molecule has 3 heterocycles. The standard InChI is InChI=1S/C26H20F4N2O3S2/c27-18-4-5-20(28)21(13-18)37(33,34)14-17-2-1-3-19(23(17)30)24-25(16-6-9-31-22(29)12-16)36-26(32-24)15-7-10-35-11-8-15/h1-6,9,12-13,15H,7-8,10-11,14H2. The zero-order chi connectivity index (χ0) is 26.2. The van der Waals surface area contributed by atoms with Crippen LogP contribution in [0.1, 0.15) is 29.3 Å². The topological polar surface area (TPSA) is 69.2 Å². The second-order valence-electron chi connectivity index (χ2n) is 8.60. The molecule has 192 valence electrons. The van der Waals surface area contributed by atoms with E-state index < -0.39 is 43.9 Å². The van der Waals surface area contributed by atoms with Crippen LogP contribution < -0.4 is 0 Å². The molecule has 1 saturated heterocycles. The Hall–Kier alpha value is -3.15. The minimum atomic E-state index is -4.41. The minimum Gasteiger partial charge on any atom is -0.381 e. The van der Waals surface area contributed by atoms with Gasteiger partial charge in [-0.1, -0.05) is 12.1 Å². The van der Waals surface area contributed by atoms with Crippen LogP contribution in [0.5, 0.6) is 0 Å². The highest BCUT2D eigenvalue weighted by atomic mass is 32.2. The van der Waals surface area contributed by atoms with Gasteiger partial charge in [0.2, 0.25) is 5.95 Å². The fourth-order valence-electron chi connectivity index (χ4n) is 4.25. The third-order valence-corrected chi connectivity index (χ3v) is 9.05. The van der Waals surface area contributed by atoms with Crippen molar-refractivity contribution in [1.82, 2.24) is 9.97 Å². The Labute approximate surface area is 214 Å². The van der Waals surface area contributed by atoms with Crippen LogP contribution in [-0.4, -0.2) is 31.6 Å². The zero-order valence-corrected chi connectivity index (χ0v) is 20.9. The first-order valence-electron chi connectivity index (χ1n) is 11.4. The first-order chi connectivity index (χ1) is 17.7. The van der Waals surface area contributed by atoms with E-state index in [0.29, 0.717) is 35.8 Å². The number of benzene rings is 2. The molecule has 0 bridgehead atoms. The van der Waals surface area contributed by atoms with Gasteiger partial charge in [0.25, 0.3) is 0 Å². The van der Waals surface area contributed by atoms with Crippen molar-refractivity contribution in [2.24, 2.45) is 0 Å². The molecule has 1 fully saturated rings. The van der Waals surface area contributed by atoms with E-state index in [-0.39, 0.29) is 22.7 Å². The molecule has 0 amide bonds. The number of sulfone groups is 1. The van der Waals surface area contributed by atoms with Crippen molar-refractivity contribution in [1.29, 1.82) is 0 Å². The van der Waals surface area contributed by atoms with E-state index in [1.54, 1.807) is 6.07 Å². The molecule has 37 heavy (non-hydrogen) atoms. The summed E-state index contributed by atoms with van der Waals surface area (Å²) in [5.41, 5.74) is 0.492. The monoisotopic (exact) mass is 548 g/mol. The van der Waals surface area contributed by atoms with Crippen LogP contribution in [-0.2, 0) is 20.3 Å². The predicted molar refractivity (Wildman–Crippen MR) is 131 cm³/mol. The molecule has 11 heteroatoms. The summed E-state index contributed by atoms with van der Waals surface area (Å²) in [6, 6.07) is 9.10. The molecule has 0 atom stereocenters. The summed E-state index contributed by atoms with van der Waals surface area (Å²) >= 11 is 1.31. The van der Waals surface area contributed by atoms with E-state index >= 15 is 4.39 Å². The normalized spacial score (nSPS) is 14.7. The van der Waals surface area contributed by atoms with Gasteiger partial charge in [0.05, 0.1) is 21.3 Å². The van der Waals surface area contributed by atoms with Gasteiger partial charge in [-0.3, -0.25) is 0 Å². The van der Waals surface area contributed by atoms with Crippen LogP contribution in [0.2, 0.25) is 0 Å². The molecule has 0 saturated carbocycles. The van der Waals surface area contributed by atoms with Crippen molar-refractivity contribution in [3.05, 3.63) is 88.7 Å². The van der Waals surface area contributed by atoms with Crippen LogP contribution in [0, 0.1) is 23.4 Å². The summed E-state index contributed by atoms with van der Waals surface area (Å²) in [5.74, 6) is -4.42. The Bertz CT molecular complexity index is 1570. The molecule has 1 aliphatic heterocycles. The zero-order valence-electron chi connectivity index (χ0n) is 19.3. The largest absolute Gasteiger partial charge is 0.381 e. The lowest BCUT2D eigenvalue weighted by Gasteiger charge is -2.19. The van der Waals surface area contributed by atoms with E-state index in [0.717, 1.165) is 23.9 Å². The van der Waals surface area contributed by atoms with Crippen molar-refractivity contribution in [3.8, 4) is 21.7 Å². The Balaban J connectivity index is 1.59. The first-order valence-corrected chi connectivity index (χ1v) is 13.9. The molecule has 5 nitrogen and oxygen atoms in total. The number of aromatic nitrogens is 2. The molecule has 2 aromatic carbocycles. The summed E-state index contributed by atoms with van der Waals surface area (Å²) in [7, 11) is -4.41. The molecular weight excluding hydrogens is 528 g/mol. The van der Waals surface area contributed by atoms with Crippen molar-refractivity contribution in [2.75, 3.05) is 13.2 Å². The highest BCUT2D eigenvalue weighted by Gasteiger charge is 2.27. The third kappa shape index (κ3) is 5.29. The maximum Gasteiger partial charge on any atom is 0.213 e. The number of ether oxygens (including phenoxy) is 1. The maximum absolute atomic E-state index is 15.8. The molecule has 0 radical (unpaired) electrons. The van der Waals surface area contributed by atoms with Gasteiger partial charge in [0, 0.05) is 42.5 Å². The molecule has 5 rings (SSSR count). The van der Waals surface area contributed by atoms with E-state index in [1.165, 1.54) is 41.8 Å².